The lowest BCUT2D eigenvalue weighted by Crippen LogP contribution is -2.41. The topological polar surface area (TPSA) is 36.9 Å². The van der Waals surface area contributed by atoms with Crippen molar-refractivity contribution in [1.29, 1.82) is 0 Å². The maximum atomic E-state index is 5.48. The number of ether oxygens (including phenoxy) is 1. The molecule has 1 aliphatic heterocycles. The predicted molar refractivity (Wildman–Crippen MR) is 121 cm³/mol. The number of benzene rings is 2. The summed E-state index contributed by atoms with van der Waals surface area (Å²) in [5.41, 5.74) is 1.34. The molecule has 4 nitrogen and oxygen atoms in total. The van der Waals surface area contributed by atoms with E-state index >= 15 is 0 Å². The molecule has 26 heavy (non-hydrogen) atoms. The molecule has 1 fully saturated rings. The Morgan fingerprint density at radius 3 is 2.77 bits per heavy atom. The molecule has 1 N–H and O–H groups in total. The zero-order valence-electron chi connectivity index (χ0n) is 15.8. The summed E-state index contributed by atoms with van der Waals surface area (Å²) in [5.74, 6) is 1.62. The molecule has 3 rings (SSSR count). The van der Waals surface area contributed by atoms with Crippen molar-refractivity contribution < 1.29 is 4.74 Å². The Labute approximate surface area is 174 Å². The van der Waals surface area contributed by atoms with Crippen LogP contribution in [0.15, 0.2) is 47.5 Å². The molecule has 0 saturated carbocycles. The Kier molecular flexibility index (Phi) is 8.65. The van der Waals surface area contributed by atoms with E-state index in [9.17, 15) is 0 Å². The molecule has 0 aromatic heterocycles. The molecule has 0 radical (unpaired) electrons. The van der Waals surface area contributed by atoms with Crippen LogP contribution in [0, 0.1) is 5.92 Å². The summed E-state index contributed by atoms with van der Waals surface area (Å²) in [6.07, 6.45) is 2.11. The molecule has 1 heterocycles. The third-order valence-electron chi connectivity index (χ3n) is 4.73. The van der Waals surface area contributed by atoms with Crippen molar-refractivity contribution >= 4 is 40.7 Å². The van der Waals surface area contributed by atoms with Crippen LogP contribution in [0.4, 0.5) is 0 Å². The van der Waals surface area contributed by atoms with Gasteiger partial charge in [0.05, 0.1) is 6.61 Å². The lowest BCUT2D eigenvalue weighted by molar-refractivity contribution is 0.181. The third-order valence-corrected chi connectivity index (χ3v) is 4.73. The van der Waals surface area contributed by atoms with Gasteiger partial charge < -0.3 is 15.0 Å². The molecule has 5 heteroatoms. The fourth-order valence-corrected chi connectivity index (χ4v) is 3.36. The molecule has 0 aliphatic carbocycles. The summed E-state index contributed by atoms with van der Waals surface area (Å²) >= 11 is 0. The van der Waals surface area contributed by atoms with Crippen LogP contribution in [-0.4, -0.2) is 50.8 Å². The number of nitrogens with one attached hydrogen (secondary N) is 1. The van der Waals surface area contributed by atoms with Crippen molar-refractivity contribution in [2.75, 3.05) is 39.9 Å². The predicted octanol–water partition coefficient (Wildman–Crippen LogP) is 3.93. The molecule has 1 unspecified atom stereocenters. The largest absolute Gasteiger partial charge is 0.381 e. The highest BCUT2D eigenvalue weighted by molar-refractivity contribution is 14.0. The van der Waals surface area contributed by atoms with Crippen LogP contribution in [0.3, 0.4) is 0 Å². The SMILES string of the molecule is CCNC(=NCCc1ccc2ccccc2c1)N(C)CC1CCOC1.I. The molecular weight excluding hydrogens is 437 g/mol. The van der Waals surface area contributed by atoms with Gasteiger partial charge in [0.1, 0.15) is 0 Å². The van der Waals surface area contributed by atoms with Crippen LogP contribution in [0.2, 0.25) is 0 Å². The number of rotatable bonds is 6. The molecule has 1 aliphatic rings. The number of halogens is 1. The van der Waals surface area contributed by atoms with Crippen LogP contribution in [-0.2, 0) is 11.2 Å². The van der Waals surface area contributed by atoms with Crippen molar-refractivity contribution in [2.45, 2.75) is 19.8 Å². The summed E-state index contributed by atoms with van der Waals surface area (Å²) in [5, 5.41) is 6.00. The monoisotopic (exact) mass is 467 g/mol. The molecule has 2 aromatic rings. The summed E-state index contributed by atoms with van der Waals surface area (Å²) in [7, 11) is 2.12. The number of fused-ring (bicyclic) bond motifs is 1. The Morgan fingerprint density at radius 2 is 2.04 bits per heavy atom. The Morgan fingerprint density at radius 1 is 1.23 bits per heavy atom. The fraction of sp³-hybridized carbons (Fsp3) is 0.476. The maximum absolute atomic E-state index is 5.48. The van der Waals surface area contributed by atoms with Crippen molar-refractivity contribution in [3.63, 3.8) is 0 Å². The number of nitrogens with zero attached hydrogens (tertiary/aromatic N) is 2. The van der Waals surface area contributed by atoms with Crippen molar-refractivity contribution in [3.05, 3.63) is 48.0 Å². The number of aliphatic imine (C=N–C) groups is 1. The smallest absolute Gasteiger partial charge is 0.193 e. The van der Waals surface area contributed by atoms with Gasteiger partial charge in [-0.3, -0.25) is 4.99 Å². The van der Waals surface area contributed by atoms with Crippen LogP contribution in [0.1, 0.15) is 18.9 Å². The van der Waals surface area contributed by atoms with E-state index in [-0.39, 0.29) is 24.0 Å². The highest BCUT2D eigenvalue weighted by atomic mass is 127. The van der Waals surface area contributed by atoms with Gasteiger partial charge in [-0.2, -0.15) is 0 Å². The van der Waals surface area contributed by atoms with E-state index in [1.165, 1.54) is 16.3 Å². The molecule has 0 spiro atoms. The van der Waals surface area contributed by atoms with Crippen LogP contribution in [0.5, 0.6) is 0 Å². The van der Waals surface area contributed by atoms with E-state index in [1.54, 1.807) is 0 Å². The summed E-state index contributed by atoms with van der Waals surface area (Å²) in [4.78, 5) is 7.06. The van der Waals surface area contributed by atoms with E-state index < -0.39 is 0 Å². The van der Waals surface area contributed by atoms with Crippen LogP contribution in [0.25, 0.3) is 10.8 Å². The van der Waals surface area contributed by atoms with Gasteiger partial charge >= 0.3 is 0 Å². The zero-order valence-corrected chi connectivity index (χ0v) is 18.1. The highest BCUT2D eigenvalue weighted by Gasteiger charge is 2.18. The van der Waals surface area contributed by atoms with Gasteiger partial charge in [0.2, 0.25) is 0 Å². The minimum absolute atomic E-state index is 0. The average molecular weight is 467 g/mol. The highest BCUT2D eigenvalue weighted by Crippen LogP contribution is 2.16. The first-order valence-electron chi connectivity index (χ1n) is 9.31. The lowest BCUT2D eigenvalue weighted by Gasteiger charge is -2.24. The van der Waals surface area contributed by atoms with E-state index in [4.69, 9.17) is 9.73 Å². The standard InChI is InChI=1S/C21H29N3O.HI/c1-3-22-21(24(2)15-18-11-13-25-16-18)23-12-10-17-8-9-19-6-4-5-7-20(19)14-17;/h4-9,14,18H,3,10-13,15-16H2,1-2H3,(H,22,23);1H. The first-order valence-corrected chi connectivity index (χ1v) is 9.31. The quantitative estimate of drug-likeness (QED) is 0.398. The van der Waals surface area contributed by atoms with E-state index in [1.807, 2.05) is 0 Å². The normalized spacial score (nSPS) is 17.2. The Bertz CT molecular complexity index is 713. The second kappa shape index (κ2) is 10.7. The van der Waals surface area contributed by atoms with E-state index in [0.29, 0.717) is 5.92 Å². The number of hydrogen-bond donors (Lipinski definition) is 1. The summed E-state index contributed by atoms with van der Waals surface area (Å²) in [6.45, 7) is 6.58. The van der Waals surface area contributed by atoms with Crippen LogP contribution < -0.4 is 5.32 Å². The fourth-order valence-electron chi connectivity index (χ4n) is 3.36. The van der Waals surface area contributed by atoms with Gasteiger partial charge in [-0.25, -0.2) is 0 Å². The minimum atomic E-state index is 0. The molecule has 142 valence electrons. The van der Waals surface area contributed by atoms with Gasteiger partial charge in [-0.15, -0.1) is 24.0 Å². The Balaban J connectivity index is 0.00000243. The molecule has 1 atom stereocenters. The lowest BCUT2D eigenvalue weighted by atomic mass is 10.1. The Hall–Kier alpha value is -1.34. The minimum Gasteiger partial charge on any atom is -0.381 e. The van der Waals surface area contributed by atoms with Crippen molar-refractivity contribution in [1.82, 2.24) is 10.2 Å². The third kappa shape index (κ3) is 5.84. The summed E-state index contributed by atoms with van der Waals surface area (Å²) in [6, 6.07) is 15.2. The zero-order chi connectivity index (χ0) is 17.5. The molecular formula is C21H30IN3O. The van der Waals surface area contributed by atoms with Gasteiger partial charge in [-0.05, 0) is 36.1 Å². The summed E-state index contributed by atoms with van der Waals surface area (Å²) < 4.78 is 5.48. The van der Waals surface area contributed by atoms with Gasteiger partial charge in [-0.1, -0.05) is 42.5 Å². The molecule has 0 amide bonds. The average Bonchev–Trinajstić information content (AvgIpc) is 3.14. The molecule has 1 saturated heterocycles. The van der Waals surface area contributed by atoms with E-state index in [2.05, 4.69) is 66.7 Å². The van der Waals surface area contributed by atoms with Gasteiger partial charge in [0.25, 0.3) is 0 Å². The van der Waals surface area contributed by atoms with Crippen molar-refractivity contribution in [3.8, 4) is 0 Å². The molecule has 0 bridgehead atoms. The van der Waals surface area contributed by atoms with E-state index in [0.717, 1.165) is 51.6 Å². The maximum Gasteiger partial charge on any atom is 0.193 e. The second-order valence-corrected chi connectivity index (χ2v) is 6.78. The molecule has 2 aromatic carbocycles. The number of guanidine groups is 1. The van der Waals surface area contributed by atoms with Crippen LogP contribution >= 0.6 is 24.0 Å². The van der Waals surface area contributed by atoms with Crippen molar-refractivity contribution in [2.24, 2.45) is 10.9 Å². The van der Waals surface area contributed by atoms with Gasteiger partial charge in [0, 0.05) is 39.2 Å². The first kappa shape index (κ1) is 21.0. The van der Waals surface area contributed by atoms with Gasteiger partial charge in [0.15, 0.2) is 5.96 Å². The second-order valence-electron chi connectivity index (χ2n) is 6.78. The first-order chi connectivity index (χ1) is 12.3. The number of hydrogen-bond acceptors (Lipinski definition) is 2.